The smallest absolute Gasteiger partial charge is 0.195 e. The first-order valence-electron chi connectivity index (χ1n) is 10.4. The highest BCUT2D eigenvalue weighted by molar-refractivity contribution is 5.86. The fourth-order valence-corrected chi connectivity index (χ4v) is 3.65. The van der Waals surface area contributed by atoms with Crippen LogP contribution in [-0.2, 0) is 0 Å². The summed E-state index contributed by atoms with van der Waals surface area (Å²) in [5.74, 6) is 0.763. The van der Waals surface area contributed by atoms with Gasteiger partial charge in [-0.2, -0.15) is 0 Å². The highest BCUT2D eigenvalue weighted by Gasteiger charge is 2.12. The molecule has 0 bridgehead atoms. The lowest BCUT2D eigenvalue weighted by Crippen LogP contribution is -3.04. The van der Waals surface area contributed by atoms with Crippen molar-refractivity contribution in [2.24, 2.45) is 0 Å². The molecule has 0 aliphatic carbocycles. The fraction of sp³-hybridized carbons (Fsp3) is 0. The maximum atomic E-state index is 12.6. The molecule has 4 N–H and O–H groups in total. The number of hydrogen-bond acceptors (Lipinski definition) is 6. The summed E-state index contributed by atoms with van der Waals surface area (Å²) in [7, 11) is 0. The summed E-state index contributed by atoms with van der Waals surface area (Å²) in [6, 6.07) is 26.1. The second-order valence-electron chi connectivity index (χ2n) is 7.75. The van der Waals surface area contributed by atoms with Crippen LogP contribution in [0.1, 0.15) is 0 Å². The van der Waals surface area contributed by atoms with Crippen molar-refractivity contribution in [3.05, 3.63) is 107 Å². The molecule has 34 heavy (non-hydrogen) atoms. The van der Waals surface area contributed by atoms with Gasteiger partial charge in [-0.3, -0.25) is 0 Å². The zero-order valence-corrected chi connectivity index (χ0v) is 17.8. The van der Waals surface area contributed by atoms with Gasteiger partial charge in [0, 0.05) is 30.3 Å². The van der Waals surface area contributed by atoms with Crippen LogP contribution in [0, 0.1) is 10.4 Å². The van der Waals surface area contributed by atoms with Gasteiger partial charge >= 0.3 is 0 Å². The lowest BCUT2D eigenvalue weighted by atomic mass is 10.1. The van der Waals surface area contributed by atoms with Crippen molar-refractivity contribution in [2.75, 3.05) is 0 Å². The van der Waals surface area contributed by atoms with Crippen molar-refractivity contribution in [3.8, 4) is 23.0 Å². The van der Waals surface area contributed by atoms with Crippen LogP contribution in [0.25, 0.3) is 21.5 Å². The highest BCUT2D eigenvalue weighted by Crippen LogP contribution is 2.24. The van der Waals surface area contributed by atoms with Crippen molar-refractivity contribution in [2.45, 2.75) is 0 Å². The minimum absolute atomic E-state index is 0.150. The highest BCUT2D eigenvalue weighted by atomic mass is 16.9. The van der Waals surface area contributed by atoms with Crippen LogP contribution >= 0.6 is 0 Å². The quantitative estimate of drug-likeness (QED) is 0.291. The number of hydrogen-bond donors (Lipinski definition) is 4. The summed E-state index contributed by atoms with van der Waals surface area (Å²) in [6.07, 6.45) is 0. The van der Waals surface area contributed by atoms with Crippen LogP contribution in [0.2, 0.25) is 0 Å². The van der Waals surface area contributed by atoms with Gasteiger partial charge in [0.1, 0.15) is 11.5 Å². The lowest BCUT2D eigenvalue weighted by molar-refractivity contribution is -0.964. The molecule has 2 unspecified atom stereocenters. The first-order valence-corrected chi connectivity index (χ1v) is 10.4. The van der Waals surface area contributed by atoms with E-state index in [0.717, 1.165) is 21.5 Å². The number of phenolic OH excluding ortho intramolecular Hbond substituents is 2. The Morgan fingerprint density at radius 2 is 0.912 bits per heavy atom. The zero-order valence-electron chi connectivity index (χ0n) is 17.8. The Balaban J connectivity index is 1.30. The third-order valence-corrected chi connectivity index (χ3v) is 5.35. The minimum Gasteiger partial charge on any atom is -0.585 e. The Bertz CT molecular complexity index is 1380. The normalized spacial score (nSPS) is 13.0. The summed E-state index contributed by atoms with van der Waals surface area (Å²) in [5, 5.41) is 46.5. The van der Waals surface area contributed by atoms with Gasteiger partial charge < -0.3 is 30.3 Å². The van der Waals surface area contributed by atoms with Crippen molar-refractivity contribution in [3.63, 3.8) is 0 Å². The van der Waals surface area contributed by atoms with Crippen LogP contribution in [0.4, 0.5) is 11.4 Å². The predicted octanol–water partition coefficient (Wildman–Crippen LogP) is 3.42. The van der Waals surface area contributed by atoms with Gasteiger partial charge in [-0.05, 0) is 70.1 Å². The van der Waals surface area contributed by atoms with Gasteiger partial charge in [0.2, 0.25) is 0 Å². The topological polar surface area (TPSA) is 114 Å². The van der Waals surface area contributed by atoms with Crippen LogP contribution in [-0.4, -0.2) is 10.2 Å². The molecule has 5 aromatic carbocycles. The lowest BCUT2D eigenvalue weighted by Gasteiger charge is -2.22. The predicted molar refractivity (Wildman–Crippen MR) is 127 cm³/mol. The SMILES string of the molecule is [O-][NH+](Oc1cccc(O[NH+]([O-])c2ccc3cc(O)ccc3c2)c1)c1ccc2cc(O)ccc2c1. The molecule has 5 rings (SSSR count). The van der Waals surface area contributed by atoms with E-state index in [-0.39, 0.29) is 23.0 Å². The molecule has 170 valence electrons. The molecule has 0 saturated carbocycles. The molecule has 0 aliphatic rings. The van der Waals surface area contributed by atoms with E-state index >= 15 is 0 Å². The van der Waals surface area contributed by atoms with Crippen LogP contribution in [0.15, 0.2) is 97.1 Å². The number of fused-ring (bicyclic) bond motifs is 2. The maximum Gasteiger partial charge on any atom is 0.195 e. The first kappa shape index (κ1) is 21.5. The van der Waals surface area contributed by atoms with Crippen LogP contribution in [0.3, 0.4) is 0 Å². The standard InChI is InChI=1S/C26H20N2O6/c29-23-10-6-17-12-21(8-4-19(17)14-23)27(31)33-25-2-1-3-26(16-25)34-28(32)22-9-5-20-15-24(30)11-7-18(20)13-22/h1-16,27-30H. The van der Waals surface area contributed by atoms with Crippen molar-refractivity contribution >= 4 is 32.9 Å². The molecule has 0 saturated heterocycles. The van der Waals surface area contributed by atoms with Gasteiger partial charge in [0.05, 0.1) is 0 Å². The molecule has 0 radical (unpaired) electrons. The average Bonchev–Trinajstić information content (AvgIpc) is 2.83. The summed E-state index contributed by atoms with van der Waals surface area (Å²) in [5.41, 5.74) is 0.700. The molecule has 8 heteroatoms. The second-order valence-corrected chi connectivity index (χ2v) is 7.75. The Hall–Kier alpha value is -4.34. The summed E-state index contributed by atoms with van der Waals surface area (Å²) >= 11 is 0. The number of rotatable bonds is 6. The van der Waals surface area contributed by atoms with Crippen molar-refractivity contribution in [1.29, 1.82) is 0 Å². The molecule has 5 aromatic rings. The molecule has 0 aliphatic heterocycles. The Labute approximate surface area is 194 Å². The number of quaternary nitrogens is 2. The van der Waals surface area contributed by atoms with E-state index in [1.807, 2.05) is 0 Å². The van der Waals surface area contributed by atoms with E-state index < -0.39 is 10.5 Å². The fourth-order valence-electron chi connectivity index (χ4n) is 3.65. The third-order valence-electron chi connectivity index (χ3n) is 5.35. The molecule has 0 fully saturated rings. The van der Waals surface area contributed by atoms with E-state index in [1.54, 1.807) is 91.0 Å². The van der Waals surface area contributed by atoms with Crippen molar-refractivity contribution < 1.29 is 30.3 Å². The Morgan fingerprint density at radius 1 is 0.500 bits per heavy atom. The number of benzene rings is 5. The summed E-state index contributed by atoms with van der Waals surface area (Å²) < 4.78 is 0. The van der Waals surface area contributed by atoms with E-state index in [0.29, 0.717) is 11.4 Å². The first-order chi connectivity index (χ1) is 16.4. The molecule has 8 nitrogen and oxygen atoms in total. The van der Waals surface area contributed by atoms with E-state index in [4.69, 9.17) is 9.68 Å². The Morgan fingerprint density at radius 3 is 1.38 bits per heavy atom. The van der Waals surface area contributed by atoms with Crippen LogP contribution < -0.4 is 20.1 Å². The third kappa shape index (κ3) is 4.56. The largest absolute Gasteiger partial charge is 0.585 e. The number of aromatic hydroxyl groups is 2. The molecular formula is C26H20N2O6. The van der Waals surface area contributed by atoms with Gasteiger partial charge in [-0.15, -0.1) is 10.5 Å². The monoisotopic (exact) mass is 456 g/mol. The molecule has 2 atom stereocenters. The van der Waals surface area contributed by atoms with Gasteiger partial charge in [-0.1, -0.05) is 18.2 Å². The number of nitrogens with one attached hydrogen (secondary N) is 2. The molecule has 0 spiro atoms. The maximum absolute atomic E-state index is 12.6. The van der Waals surface area contributed by atoms with Gasteiger partial charge in [-0.25, -0.2) is 0 Å². The van der Waals surface area contributed by atoms with Crippen molar-refractivity contribution in [1.82, 2.24) is 0 Å². The zero-order chi connectivity index (χ0) is 23.7. The summed E-state index contributed by atoms with van der Waals surface area (Å²) in [6.45, 7) is 0. The van der Waals surface area contributed by atoms with Gasteiger partial charge in [0.15, 0.2) is 22.9 Å². The van der Waals surface area contributed by atoms with E-state index in [1.165, 1.54) is 6.07 Å². The Kier molecular flexibility index (Phi) is 5.62. The average molecular weight is 456 g/mol. The minimum atomic E-state index is -0.559. The second kappa shape index (κ2) is 8.89. The van der Waals surface area contributed by atoms with E-state index in [2.05, 4.69) is 0 Å². The molecule has 0 aromatic heterocycles. The molecule has 0 amide bonds. The molecular weight excluding hydrogens is 436 g/mol. The van der Waals surface area contributed by atoms with E-state index in [9.17, 15) is 20.6 Å². The van der Waals surface area contributed by atoms with Crippen LogP contribution in [0.5, 0.6) is 23.0 Å². The van der Waals surface area contributed by atoms with Gasteiger partial charge in [0.25, 0.3) is 0 Å². The number of phenols is 2. The summed E-state index contributed by atoms with van der Waals surface area (Å²) in [4.78, 5) is 10.9. The molecule has 0 heterocycles.